The highest BCUT2D eigenvalue weighted by Crippen LogP contribution is 2.20. The molecule has 0 radical (unpaired) electrons. The van der Waals surface area contributed by atoms with Crippen LogP contribution in [-0.2, 0) is 19.2 Å². The van der Waals surface area contributed by atoms with Gasteiger partial charge in [-0.1, -0.05) is 34.1 Å². The third kappa shape index (κ3) is 5.92. The van der Waals surface area contributed by atoms with Crippen LogP contribution in [0.1, 0.15) is 53.9 Å². The molecule has 1 aliphatic heterocycles. The number of hydrogen-bond acceptors (Lipinski definition) is 5. The van der Waals surface area contributed by atoms with Crippen LogP contribution in [0.25, 0.3) is 0 Å². The first-order valence-electron chi connectivity index (χ1n) is 9.90. The summed E-state index contributed by atoms with van der Waals surface area (Å²) < 4.78 is 0. The summed E-state index contributed by atoms with van der Waals surface area (Å²) in [5.41, 5.74) is 5.96. The van der Waals surface area contributed by atoms with E-state index >= 15 is 0 Å². The highest BCUT2D eigenvalue weighted by Gasteiger charge is 2.39. The molecule has 5 unspecified atom stereocenters. The van der Waals surface area contributed by atoms with E-state index in [0.29, 0.717) is 25.8 Å². The van der Waals surface area contributed by atoms with Crippen LogP contribution in [0.5, 0.6) is 0 Å². The van der Waals surface area contributed by atoms with Crippen LogP contribution in [0.15, 0.2) is 0 Å². The summed E-state index contributed by atoms with van der Waals surface area (Å²) >= 11 is 0. The number of carboxylic acids is 1. The van der Waals surface area contributed by atoms with E-state index in [1.165, 1.54) is 11.8 Å². The molecule has 5 atom stereocenters. The number of amides is 3. The number of carboxylic acid groups (broad SMARTS) is 1. The Morgan fingerprint density at radius 1 is 1.14 bits per heavy atom. The SMILES string of the molecule is CCC(C)C(NC(=O)C1CCCN1C(=O)C(N)C(C)C)C(=O)NC(C)C(=O)O. The highest BCUT2D eigenvalue weighted by molar-refractivity contribution is 5.94. The molecular weight excluding hydrogens is 364 g/mol. The standard InChI is InChI=1S/C19H34N4O5/c1-6-11(4)15(17(25)21-12(5)19(27)28)22-16(24)13-8-7-9-23(13)18(26)14(20)10(2)3/h10-15H,6-9,20H2,1-5H3,(H,21,25)(H,22,24)(H,27,28). The van der Waals surface area contributed by atoms with Gasteiger partial charge in [0, 0.05) is 6.54 Å². The number of hydrogen-bond donors (Lipinski definition) is 4. The number of rotatable bonds is 9. The molecule has 5 N–H and O–H groups in total. The van der Waals surface area contributed by atoms with Crippen molar-refractivity contribution in [1.29, 1.82) is 0 Å². The lowest BCUT2D eigenvalue weighted by Crippen LogP contribution is -2.58. The normalized spacial score (nSPS) is 21.0. The molecule has 1 fully saturated rings. The van der Waals surface area contributed by atoms with Gasteiger partial charge in [-0.3, -0.25) is 19.2 Å². The van der Waals surface area contributed by atoms with Crippen LogP contribution in [0.2, 0.25) is 0 Å². The number of likely N-dealkylation sites (tertiary alicyclic amines) is 1. The molecule has 160 valence electrons. The zero-order valence-electron chi connectivity index (χ0n) is 17.4. The fourth-order valence-electron chi connectivity index (χ4n) is 3.10. The Balaban J connectivity index is 2.90. The van der Waals surface area contributed by atoms with Crippen LogP contribution in [0.3, 0.4) is 0 Å². The molecule has 0 bridgehead atoms. The van der Waals surface area contributed by atoms with Gasteiger partial charge in [0.05, 0.1) is 6.04 Å². The summed E-state index contributed by atoms with van der Waals surface area (Å²) in [6.45, 7) is 9.20. The maximum atomic E-state index is 12.9. The van der Waals surface area contributed by atoms with E-state index in [9.17, 15) is 19.2 Å². The molecule has 1 rings (SSSR count). The summed E-state index contributed by atoms with van der Waals surface area (Å²) in [7, 11) is 0. The first kappa shape index (κ1) is 23.9. The van der Waals surface area contributed by atoms with E-state index in [2.05, 4.69) is 10.6 Å². The molecule has 1 aliphatic rings. The fourth-order valence-corrected chi connectivity index (χ4v) is 3.10. The minimum absolute atomic E-state index is 0.0482. The molecular formula is C19H34N4O5. The molecule has 1 heterocycles. The molecule has 9 nitrogen and oxygen atoms in total. The second-order valence-electron chi connectivity index (χ2n) is 7.90. The third-order valence-electron chi connectivity index (χ3n) is 5.36. The van der Waals surface area contributed by atoms with Crippen molar-refractivity contribution in [2.45, 2.75) is 78.0 Å². The molecule has 0 saturated carbocycles. The van der Waals surface area contributed by atoms with Crippen LogP contribution in [-0.4, -0.2) is 64.4 Å². The third-order valence-corrected chi connectivity index (χ3v) is 5.36. The first-order valence-corrected chi connectivity index (χ1v) is 9.90. The summed E-state index contributed by atoms with van der Waals surface area (Å²) in [6.07, 6.45) is 1.80. The molecule has 9 heteroatoms. The summed E-state index contributed by atoms with van der Waals surface area (Å²) in [5, 5.41) is 14.1. The van der Waals surface area contributed by atoms with Crippen molar-refractivity contribution in [2.75, 3.05) is 6.54 Å². The van der Waals surface area contributed by atoms with E-state index in [4.69, 9.17) is 10.8 Å². The maximum Gasteiger partial charge on any atom is 0.325 e. The van der Waals surface area contributed by atoms with E-state index < -0.39 is 42.0 Å². The van der Waals surface area contributed by atoms with Crippen molar-refractivity contribution >= 4 is 23.7 Å². The van der Waals surface area contributed by atoms with Gasteiger partial charge in [-0.25, -0.2) is 0 Å². The summed E-state index contributed by atoms with van der Waals surface area (Å²) in [6, 6.07) is -3.30. The minimum atomic E-state index is -1.15. The molecule has 0 aromatic carbocycles. The zero-order chi connectivity index (χ0) is 21.6. The van der Waals surface area contributed by atoms with Crippen molar-refractivity contribution < 1.29 is 24.3 Å². The smallest absolute Gasteiger partial charge is 0.325 e. The summed E-state index contributed by atoms with van der Waals surface area (Å²) in [4.78, 5) is 50.5. The Morgan fingerprint density at radius 3 is 2.25 bits per heavy atom. The number of nitrogens with zero attached hydrogens (tertiary/aromatic N) is 1. The Hall–Kier alpha value is -2.16. The van der Waals surface area contributed by atoms with Gasteiger partial charge in [0.15, 0.2) is 0 Å². The number of aliphatic carboxylic acids is 1. The Bertz CT molecular complexity index is 595. The first-order chi connectivity index (χ1) is 13.0. The van der Waals surface area contributed by atoms with Gasteiger partial charge in [0.25, 0.3) is 0 Å². The van der Waals surface area contributed by atoms with E-state index in [1.54, 1.807) is 0 Å². The molecule has 1 saturated heterocycles. The number of nitrogens with two attached hydrogens (primary N) is 1. The monoisotopic (exact) mass is 398 g/mol. The lowest BCUT2D eigenvalue weighted by Gasteiger charge is -2.30. The van der Waals surface area contributed by atoms with Gasteiger partial charge in [-0.15, -0.1) is 0 Å². The summed E-state index contributed by atoms with van der Waals surface area (Å²) in [5.74, 6) is -2.63. The van der Waals surface area contributed by atoms with Crippen molar-refractivity contribution in [3.05, 3.63) is 0 Å². The van der Waals surface area contributed by atoms with E-state index in [1.807, 2.05) is 27.7 Å². The molecule has 0 aliphatic carbocycles. The topological polar surface area (TPSA) is 142 Å². The van der Waals surface area contributed by atoms with Crippen molar-refractivity contribution in [2.24, 2.45) is 17.6 Å². The van der Waals surface area contributed by atoms with Gasteiger partial charge in [-0.2, -0.15) is 0 Å². The lowest BCUT2D eigenvalue weighted by atomic mass is 9.97. The van der Waals surface area contributed by atoms with Crippen molar-refractivity contribution in [3.63, 3.8) is 0 Å². The number of carbonyl (C=O) groups excluding carboxylic acids is 3. The quantitative estimate of drug-likeness (QED) is 0.433. The number of carbonyl (C=O) groups is 4. The van der Waals surface area contributed by atoms with E-state index in [0.717, 1.165) is 0 Å². The Kier molecular flexibility index (Phi) is 8.87. The van der Waals surface area contributed by atoms with Crippen LogP contribution in [0, 0.1) is 11.8 Å². The highest BCUT2D eigenvalue weighted by atomic mass is 16.4. The van der Waals surface area contributed by atoms with Gasteiger partial charge < -0.3 is 26.4 Å². The van der Waals surface area contributed by atoms with Crippen LogP contribution < -0.4 is 16.4 Å². The van der Waals surface area contributed by atoms with Crippen LogP contribution in [0.4, 0.5) is 0 Å². The Morgan fingerprint density at radius 2 is 1.75 bits per heavy atom. The lowest BCUT2D eigenvalue weighted by molar-refractivity contribution is -0.143. The second kappa shape index (κ2) is 10.4. The molecule has 0 aromatic heterocycles. The van der Waals surface area contributed by atoms with Gasteiger partial charge >= 0.3 is 5.97 Å². The second-order valence-corrected chi connectivity index (χ2v) is 7.90. The van der Waals surface area contributed by atoms with Crippen molar-refractivity contribution in [1.82, 2.24) is 15.5 Å². The zero-order valence-corrected chi connectivity index (χ0v) is 17.4. The molecule has 0 spiro atoms. The predicted octanol–water partition coefficient (Wildman–Crippen LogP) is 0.0809. The maximum absolute atomic E-state index is 12.9. The van der Waals surface area contributed by atoms with E-state index in [-0.39, 0.29) is 17.7 Å². The van der Waals surface area contributed by atoms with Gasteiger partial charge in [0.1, 0.15) is 18.1 Å². The molecule has 0 aromatic rings. The molecule has 28 heavy (non-hydrogen) atoms. The largest absolute Gasteiger partial charge is 0.480 e. The average molecular weight is 399 g/mol. The average Bonchev–Trinajstić information content (AvgIpc) is 3.13. The van der Waals surface area contributed by atoms with Crippen molar-refractivity contribution in [3.8, 4) is 0 Å². The van der Waals surface area contributed by atoms with Gasteiger partial charge in [0.2, 0.25) is 17.7 Å². The fraction of sp³-hybridized carbons (Fsp3) is 0.789. The minimum Gasteiger partial charge on any atom is -0.480 e. The number of nitrogens with one attached hydrogen (secondary N) is 2. The van der Waals surface area contributed by atoms with Crippen LogP contribution >= 0.6 is 0 Å². The molecule has 3 amide bonds. The van der Waals surface area contributed by atoms with Gasteiger partial charge in [-0.05, 0) is 31.6 Å². The predicted molar refractivity (Wildman–Crippen MR) is 104 cm³/mol. The Labute approximate surface area is 166 Å².